The van der Waals surface area contributed by atoms with E-state index in [2.05, 4.69) is 10.0 Å². The zero-order valence-electron chi connectivity index (χ0n) is 22.8. The van der Waals surface area contributed by atoms with E-state index < -0.39 is 15.4 Å². The standard InChI is InChI=1S/C29H38ClN3O5S/c1-4-38-27(34)21-14-16-33(17-15-21)25-13-12-22(31-28(35)29(2,3)19-30)18-26(25)39(36,37)32-24-11-7-9-20-8-5-6-10-23(20)24/h5-6,8,10,12-13,18,21,24,32H,4,7,9,11,14-17,19H2,1-3H3,(H,31,35)/t24-/m0/s1. The van der Waals surface area contributed by atoms with Gasteiger partial charge in [-0.1, -0.05) is 24.3 Å². The van der Waals surface area contributed by atoms with E-state index >= 15 is 0 Å². The molecule has 8 nitrogen and oxygen atoms in total. The second-order valence-electron chi connectivity index (χ2n) is 10.9. The summed E-state index contributed by atoms with van der Waals surface area (Å²) in [6.07, 6.45) is 3.67. The number of halogens is 1. The number of anilines is 2. The minimum absolute atomic E-state index is 0.0987. The first-order valence-electron chi connectivity index (χ1n) is 13.6. The summed E-state index contributed by atoms with van der Waals surface area (Å²) < 4.78 is 36.1. The molecule has 39 heavy (non-hydrogen) atoms. The van der Waals surface area contributed by atoms with Crippen LogP contribution < -0.4 is 14.9 Å². The highest BCUT2D eigenvalue weighted by molar-refractivity contribution is 7.89. The van der Waals surface area contributed by atoms with Gasteiger partial charge in [-0.15, -0.1) is 11.6 Å². The predicted molar refractivity (Wildman–Crippen MR) is 154 cm³/mol. The van der Waals surface area contributed by atoms with Crippen LogP contribution in [0.1, 0.15) is 63.6 Å². The number of hydrogen-bond acceptors (Lipinski definition) is 6. The summed E-state index contributed by atoms with van der Waals surface area (Å²) in [5.41, 5.74) is 2.26. The molecule has 1 fully saturated rings. The third kappa shape index (κ3) is 6.76. The molecule has 1 saturated heterocycles. The van der Waals surface area contributed by atoms with E-state index in [-0.39, 0.29) is 34.6 Å². The largest absolute Gasteiger partial charge is 0.466 e. The molecule has 10 heteroatoms. The number of rotatable bonds is 9. The Morgan fingerprint density at radius 1 is 1.10 bits per heavy atom. The Labute approximate surface area is 236 Å². The number of hydrogen-bond donors (Lipinski definition) is 2. The summed E-state index contributed by atoms with van der Waals surface area (Å²) in [4.78, 5) is 27.1. The maximum absolute atomic E-state index is 14.0. The lowest BCUT2D eigenvalue weighted by Gasteiger charge is -2.34. The quantitative estimate of drug-likeness (QED) is 0.321. The third-order valence-electron chi connectivity index (χ3n) is 7.58. The average molecular weight is 576 g/mol. The number of aryl methyl sites for hydroxylation is 1. The zero-order valence-corrected chi connectivity index (χ0v) is 24.4. The van der Waals surface area contributed by atoms with E-state index in [0.29, 0.717) is 50.3 Å². The minimum Gasteiger partial charge on any atom is -0.466 e. The molecule has 0 aromatic heterocycles. The number of amides is 1. The Morgan fingerprint density at radius 3 is 2.51 bits per heavy atom. The minimum atomic E-state index is -3.98. The van der Waals surface area contributed by atoms with Gasteiger partial charge in [-0.3, -0.25) is 9.59 Å². The fourth-order valence-electron chi connectivity index (χ4n) is 5.17. The van der Waals surface area contributed by atoms with Crippen molar-refractivity contribution in [3.8, 4) is 0 Å². The Hall–Kier alpha value is -2.62. The van der Waals surface area contributed by atoms with Gasteiger partial charge in [-0.25, -0.2) is 13.1 Å². The predicted octanol–water partition coefficient (Wildman–Crippen LogP) is 5.03. The monoisotopic (exact) mass is 575 g/mol. The molecular weight excluding hydrogens is 538 g/mol. The molecule has 1 atom stereocenters. The molecule has 0 unspecified atom stereocenters. The van der Waals surface area contributed by atoms with E-state index in [4.69, 9.17) is 16.3 Å². The molecule has 4 rings (SSSR count). The SMILES string of the molecule is CCOC(=O)C1CCN(c2ccc(NC(=O)C(C)(C)CCl)cc2S(=O)(=O)N[C@H]2CCCc3ccccc32)CC1. The van der Waals surface area contributed by atoms with Gasteiger partial charge in [-0.05, 0) is 82.2 Å². The van der Waals surface area contributed by atoms with Gasteiger partial charge in [0.2, 0.25) is 15.9 Å². The topological polar surface area (TPSA) is 105 Å². The Balaban J connectivity index is 1.65. The van der Waals surface area contributed by atoms with Crippen molar-refractivity contribution in [2.24, 2.45) is 11.3 Å². The average Bonchev–Trinajstić information content (AvgIpc) is 2.93. The Morgan fingerprint density at radius 2 is 1.82 bits per heavy atom. The Kier molecular flexibility index (Phi) is 9.24. The molecule has 212 valence electrons. The molecule has 2 N–H and O–H groups in total. The van der Waals surface area contributed by atoms with E-state index in [0.717, 1.165) is 24.0 Å². The molecule has 2 aromatic rings. The number of ether oxygens (including phenoxy) is 1. The molecule has 2 aromatic carbocycles. The van der Waals surface area contributed by atoms with E-state index in [1.807, 2.05) is 29.2 Å². The summed E-state index contributed by atoms with van der Waals surface area (Å²) in [6.45, 7) is 6.63. The lowest BCUT2D eigenvalue weighted by molar-refractivity contribution is -0.148. The highest BCUT2D eigenvalue weighted by atomic mass is 35.5. The molecule has 2 aliphatic rings. The summed E-state index contributed by atoms with van der Waals surface area (Å²) in [5.74, 6) is -0.574. The van der Waals surface area contributed by atoms with Gasteiger partial charge in [-0.2, -0.15) is 0 Å². The first-order valence-corrected chi connectivity index (χ1v) is 15.6. The van der Waals surface area contributed by atoms with Crippen molar-refractivity contribution < 1.29 is 22.7 Å². The second kappa shape index (κ2) is 12.3. The number of esters is 1. The Bertz CT molecular complexity index is 1310. The van der Waals surface area contributed by atoms with Crippen LogP contribution in [-0.4, -0.2) is 45.9 Å². The lowest BCUT2D eigenvalue weighted by atomic mass is 9.88. The zero-order chi connectivity index (χ0) is 28.2. The maximum Gasteiger partial charge on any atom is 0.309 e. The third-order valence-corrected chi connectivity index (χ3v) is 9.75. The number of alkyl halides is 1. The van der Waals surface area contributed by atoms with Crippen LogP contribution in [0.5, 0.6) is 0 Å². The molecule has 0 spiro atoms. The van der Waals surface area contributed by atoms with Crippen LogP contribution in [-0.2, 0) is 30.8 Å². The molecule has 0 saturated carbocycles. The van der Waals surface area contributed by atoms with Crippen molar-refractivity contribution in [3.63, 3.8) is 0 Å². The van der Waals surface area contributed by atoms with Crippen LogP contribution in [0.25, 0.3) is 0 Å². The first-order chi connectivity index (χ1) is 18.6. The van der Waals surface area contributed by atoms with E-state index in [1.54, 1.807) is 32.9 Å². The normalized spacial score (nSPS) is 18.4. The van der Waals surface area contributed by atoms with E-state index in [9.17, 15) is 18.0 Å². The fraction of sp³-hybridized carbons (Fsp3) is 0.517. The van der Waals surface area contributed by atoms with Crippen molar-refractivity contribution >= 4 is 44.9 Å². The van der Waals surface area contributed by atoms with Gasteiger partial charge >= 0.3 is 5.97 Å². The molecule has 0 bridgehead atoms. The first kappa shape index (κ1) is 29.4. The van der Waals surface area contributed by atoms with Gasteiger partial charge in [0, 0.05) is 30.7 Å². The summed E-state index contributed by atoms with van der Waals surface area (Å²) >= 11 is 5.98. The smallest absolute Gasteiger partial charge is 0.309 e. The van der Waals surface area contributed by atoms with Crippen molar-refractivity contribution in [2.75, 3.05) is 35.8 Å². The van der Waals surface area contributed by atoms with Crippen LogP contribution in [0.3, 0.4) is 0 Å². The number of carbonyl (C=O) groups is 2. The van der Waals surface area contributed by atoms with Crippen molar-refractivity contribution in [3.05, 3.63) is 53.6 Å². The molecule has 1 aliphatic heterocycles. The van der Waals surface area contributed by atoms with Crippen LogP contribution in [0.15, 0.2) is 47.4 Å². The van der Waals surface area contributed by atoms with Gasteiger partial charge in [0.15, 0.2) is 0 Å². The number of piperidine rings is 1. The summed E-state index contributed by atoms with van der Waals surface area (Å²) in [5, 5.41) is 2.84. The van der Waals surface area contributed by atoms with Gasteiger partial charge in [0.1, 0.15) is 4.90 Å². The molecule has 1 aliphatic carbocycles. The molecule has 1 amide bonds. The van der Waals surface area contributed by atoms with Gasteiger partial charge in [0.25, 0.3) is 0 Å². The van der Waals surface area contributed by atoms with Crippen LogP contribution in [0.4, 0.5) is 11.4 Å². The molecule has 1 heterocycles. The van der Waals surface area contributed by atoms with Gasteiger partial charge < -0.3 is 15.0 Å². The lowest BCUT2D eigenvalue weighted by Crippen LogP contribution is -2.39. The molecule has 0 radical (unpaired) electrons. The molecular formula is C29H38ClN3O5S. The number of fused-ring (bicyclic) bond motifs is 1. The summed E-state index contributed by atoms with van der Waals surface area (Å²) in [6, 6.07) is 12.6. The maximum atomic E-state index is 14.0. The van der Waals surface area contributed by atoms with Crippen LogP contribution in [0.2, 0.25) is 0 Å². The number of benzene rings is 2. The number of carbonyl (C=O) groups excluding carboxylic acids is 2. The fourth-order valence-corrected chi connectivity index (χ4v) is 6.79. The van der Waals surface area contributed by atoms with Crippen LogP contribution >= 0.6 is 11.6 Å². The van der Waals surface area contributed by atoms with Crippen molar-refractivity contribution in [2.45, 2.75) is 63.8 Å². The van der Waals surface area contributed by atoms with Gasteiger partial charge in [0.05, 0.1) is 23.6 Å². The van der Waals surface area contributed by atoms with Crippen LogP contribution in [0, 0.1) is 11.3 Å². The highest BCUT2D eigenvalue weighted by Crippen LogP contribution is 2.36. The summed E-state index contributed by atoms with van der Waals surface area (Å²) in [7, 11) is -3.98. The van der Waals surface area contributed by atoms with Crippen molar-refractivity contribution in [1.29, 1.82) is 0 Å². The van der Waals surface area contributed by atoms with Crippen molar-refractivity contribution in [1.82, 2.24) is 4.72 Å². The number of sulfonamides is 1. The number of nitrogens with zero attached hydrogens (tertiary/aromatic N) is 1. The second-order valence-corrected chi connectivity index (χ2v) is 12.9. The van der Waals surface area contributed by atoms with E-state index in [1.165, 1.54) is 6.07 Å². The number of nitrogens with one attached hydrogen (secondary N) is 2. The highest BCUT2D eigenvalue weighted by Gasteiger charge is 2.33.